The Kier molecular flexibility index (Phi) is 2.51. The number of rotatable bonds is 1. The summed E-state index contributed by atoms with van der Waals surface area (Å²) in [5.41, 5.74) is 1.41. The summed E-state index contributed by atoms with van der Waals surface area (Å²) in [5, 5.41) is 0.0468. The standard InChI is InChI=1S/C10H8ClN3O/c1-6-2-4-7(5-3-6)8-12-9(11)14-10(15)13-8/h2-5H,1H3,(H,12,13,14,15). The molecule has 4 nitrogen and oxygen atoms in total. The molecular formula is C10H8ClN3O. The van der Waals surface area contributed by atoms with Crippen LogP contribution in [-0.2, 0) is 0 Å². The predicted molar refractivity (Wildman–Crippen MR) is 57.8 cm³/mol. The molecule has 0 aliphatic carbocycles. The molecule has 0 saturated carbocycles. The van der Waals surface area contributed by atoms with Gasteiger partial charge >= 0.3 is 5.69 Å². The number of aromatic amines is 1. The van der Waals surface area contributed by atoms with Gasteiger partial charge < -0.3 is 0 Å². The largest absolute Gasteiger partial charge is 0.349 e. The van der Waals surface area contributed by atoms with E-state index >= 15 is 0 Å². The van der Waals surface area contributed by atoms with E-state index in [2.05, 4.69) is 15.0 Å². The number of H-pyrrole nitrogens is 1. The Balaban J connectivity index is 2.54. The molecule has 1 aromatic heterocycles. The summed E-state index contributed by atoms with van der Waals surface area (Å²) in [6, 6.07) is 7.54. The van der Waals surface area contributed by atoms with Crippen molar-refractivity contribution < 1.29 is 0 Å². The molecule has 15 heavy (non-hydrogen) atoms. The lowest BCUT2D eigenvalue weighted by Gasteiger charge is -1.99. The fourth-order valence-corrected chi connectivity index (χ4v) is 1.35. The second kappa shape index (κ2) is 3.82. The summed E-state index contributed by atoms with van der Waals surface area (Å²) >= 11 is 5.62. The highest BCUT2D eigenvalue weighted by Crippen LogP contribution is 2.14. The molecule has 0 aliphatic rings. The lowest BCUT2D eigenvalue weighted by atomic mass is 10.1. The first-order valence-corrected chi connectivity index (χ1v) is 4.74. The van der Waals surface area contributed by atoms with Crippen LogP contribution in [0.25, 0.3) is 11.4 Å². The Morgan fingerprint density at radius 2 is 1.87 bits per heavy atom. The monoisotopic (exact) mass is 221 g/mol. The Morgan fingerprint density at radius 1 is 1.20 bits per heavy atom. The van der Waals surface area contributed by atoms with E-state index in [4.69, 9.17) is 11.6 Å². The number of nitrogens with one attached hydrogen (secondary N) is 1. The van der Waals surface area contributed by atoms with Gasteiger partial charge in [0.1, 0.15) is 0 Å². The van der Waals surface area contributed by atoms with Crippen LogP contribution in [0.1, 0.15) is 5.56 Å². The van der Waals surface area contributed by atoms with Gasteiger partial charge in [-0.15, -0.1) is 0 Å². The maximum Gasteiger partial charge on any atom is 0.349 e. The van der Waals surface area contributed by atoms with Gasteiger partial charge in [-0.25, -0.2) is 4.79 Å². The molecule has 2 rings (SSSR count). The van der Waals surface area contributed by atoms with Crippen LogP contribution in [0.2, 0.25) is 5.28 Å². The fourth-order valence-electron chi connectivity index (χ4n) is 1.19. The zero-order valence-corrected chi connectivity index (χ0v) is 8.75. The van der Waals surface area contributed by atoms with E-state index in [9.17, 15) is 4.79 Å². The zero-order valence-electron chi connectivity index (χ0n) is 7.99. The van der Waals surface area contributed by atoms with Gasteiger partial charge in [0.2, 0.25) is 5.28 Å². The van der Waals surface area contributed by atoms with Crippen molar-refractivity contribution in [1.29, 1.82) is 0 Å². The van der Waals surface area contributed by atoms with Gasteiger partial charge in [0.05, 0.1) is 0 Å². The minimum atomic E-state index is -0.495. The summed E-state index contributed by atoms with van der Waals surface area (Å²) in [4.78, 5) is 21.0. The van der Waals surface area contributed by atoms with Crippen LogP contribution in [0.3, 0.4) is 0 Å². The van der Waals surface area contributed by atoms with Crippen molar-refractivity contribution in [1.82, 2.24) is 15.0 Å². The summed E-state index contributed by atoms with van der Waals surface area (Å²) in [5.74, 6) is 0.337. The summed E-state index contributed by atoms with van der Waals surface area (Å²) < 4.78 is 0. The van der Waals surface area contributed by atoms with Crippen molar-refractivity contribution in [3.63, 3.8) is 0 Å². The topological polar surface area (TPSA) is 58.6 Å². The summed E-state index contributed by atoms with van der Waals surface area (Å²) in [7, 11) is 0. The second-order valence-corrected chi connectivity index (χ2v) is 3.49. The van der Waals surface area contributed by atoms with Gasteiger partial charge in [0.25, 0.3) is 0 Å². The molecule has 0 aliphatic heterocycles. The van der Waals surface area contributed by atoms with E-state index in [-0.39, 0.29) is 5.28 Å². The highest BCUT2D eigenvalue weighted by atomic mass is 35.5. The molecule has 5 heteroatoms. The highest BCUT2D eigenvalue weighted by Gasteiger charge is 2.03. The third-order valence-corrected chi connectivity index (χ3v) is 2.11. The van der Waals surface area contributed by atoms with Crippen LogP contribution < -0.4 is 5.69 Å². The normalized spacial score (nSPS) is 10.3. The quantitative estimate of drug-likeness (QED) is 0.799. The van der Waals surface area contributed by atoms with Crippen LogP contribution in [0.5, 0.6) is 0 Å². The maximum atomic E-state index is 11.1. The summed E-state index contributed by atoms with van der Waals surface area (Å²) in [6.07, 6.45) is 0. The van der Waals surface area contributed by atoms with Gasteiger partial charge in [-0.3, -0.25) is 4.98 Å². The van der Waals surface area contributed by atoms with Crippen molar-refractivity contribution in [2.75, 3.05) is 0 Å². The SMILES string of the molecule is Cc1ccc(-c2nc(Cl)[nH]c(=O)n2)cc1. The molecule has 76 valence electrons. The number of benzene rings is 1. The van der Waals surface area contributed by atoms with Crippen LogP contribution in [0.4, 0.5) is 0 Å². The molecule has 0 spiro atoms. The van der Waals surface area contributed by atoms with E-state index in [0.717, 1.165) is 11.1 Å². The Morgan fingerprint density at radius 3 is 2.47 bits per heavy atom. The molecule has 0 bridgehead atoms. The number of halogens is 1. The first-order chi connectivity index (χ1) is 7.15. The highest BCUT2D eigenvalue weighted by molar-refractivity contribution is 6.28. The third-order valence-electron chi connectivity index (χ3n) is 1.93. The van der Waals surface area contributed by atoms with E-state index in [1.807, 2.05) is 31.2 Å². The predicted octanol–water partition coefficient (Wildman–Crippen LogP) is 1.79. The second-order valence-electron chi connectivity index (χ2n) is 3.13. The average molecular weight is 222 g/mol. The van der Waals surface area contributed by atoms with Crippen molar-refractivity contribution in [2.24, 2.45) is 0 Å². The first kappa shape index (κ1) is 9.86. The zero-order chi connectivity index (χ0) is 10.8. The number of nitrogens with zero attached hydrogens (tertiary/aromatic N) is 2. The Labute approximate surface area is 91.0 Å². The van der Waals surface area contributed by atoms with Crippen molar-refractivity contribution >= 4 is 11.6 Å². The van der Waals surface area contributed by atoms with Gasteiger partial charge in [-0.2, -0.15) is 9.97 Å². The van der Waals surface area contributed by atoms with E-state index in [1.54, 1.807) is 0 Å². The van der Waals surface area contributed by atoms with Crippen LogP contribution in [-0.4, -0.2) is 15.0 Å². The molecule has 0 fully saturated rings. The van der Waals surface area contributed by atoms with Crippen LogP contribution in [0, 0.1) is 6.92 Å². The number of hydrogen-bond acceptors (Lipinski definition) is 3. The Hall–Kier alpha value is -1.68. The maximum absolute atomic E-state index is 11.1. The van der Waals surface area contributed by atoms with Gasteiger partial charge in [-0.1, -0.05) is 29.8 Å². The Bertz CT molecular complexity index is 533. The van der Waals surface area contributed by atoms with Gasteiger partial charge in [0.15, 0.2) is 5.82 Å². The van der Waals surface area contributed by atoms with Crippen molar-refractivity contribution in [2.45, 2.75) is 6.92 Å². The molecule has 0 amide bonds. The number of hydrogen-bond donors (Lipinski definition) is 1. The minimum absolute atomic E-state index is 0.0468. The fraction of sp³-hybridized carbons (Fsp3) is 0.100. The van der Waals surface area contributed by atoms with E-state index in [0.29, 0.717) is 5.82 Å². The molecule has 0 unspecified atom stereocenters. The lowest BCUT2D eigenvalue weighted by molar-refractivity contribution is 0.995. The van der Waals surface area contributed by atoms with E-state index < -0.39 is 5.69 Å². The molecule has 0 radical (unpaired) electrons. The first-order valence-electron chi connectivity index (χ1n) is 4.36. The van der Waals surface area contributed by atoms with Gasteiger partial charge in [0, 0.05) is 5.56 Å². The third kappa shape index (κ3) is 2.22. The molecule has 0 atom stereocenters. The summed E-state index contributed by atoms with van der Waals surface area (Å²) in [6.45, 7) is 1.98. The molecule has 1 N–H and O–H groups in total. The molecule has 1 heterocycles. The number of aryl methyl sites for hydroxylation is 1. The smallest absolute Gasteiger partial charge is 0.280 e. The molecule has 2 aromatic rings. The van der Waals surface area contributed by atoms with E-state index in [1.165, 1.54) is 0 Å². The molecular weight excluding hydrogens is 214 g/mol. The minimum Gasteiger partial charge on any atom is -0.280 e. The number of aromatic nitrogens is 3. The average Bonchev–Trinajstić information content (AvgIpc) is 2.17. The molecule has 0 saturated heterocycles. The van der Waals surface area contributed by atoms with Gasteiger partial charge in [-0.05, 0) is 18.5 Å². The van der Waals surface area contributed by atoms with Crippen molar-refractivity contribution in [3.8, 4) is 11.4 Å². The van der Waals surface area contributed by atoms with Crippen molar-refractivity contribution in [3.05, 3.63) is 45.6 Å². The van der Waals surface area contributed by atoms with Crippen LogP contribution in [0.15, 0.2) is 29.1 Å². The lowest BCUT2D eigenvalue weighted by Crippen LogP contribution is -2.12. The van der Waals surface area contributed by atoms with Crippen LogP contribution >= 0.6 is 11.6 Å². The molecule has 1 aromatic carbocycles.